The van der Waals surface area contributed by atoms with Gasteiger partial charge in [0, 0.05) is 13.2 Å². The minimum Gasteiger partial charge on any atom is -0.372 e. The molecular formula is C12H19NO. The second-order valence-corrected chi connectivity index (χ2v) is 3.60. The smallest absolute Gasteiger partial charge is 0.0947 e. The molecule has 0 saturated heterocycles. The summed E-state index contributed by atoms with van der Waals surface area (Å²) < 4.78 is 5.56. The zero-order valence-electron chi connectivity index (χ0n) is 9.21. The summed E-state index contributed by atoms with van der Waals surface area (Å²) in [5.41, 5.74) is 9.38. The van der Waals surface area contributed by atoms with E-state index in [-0.39, 0.29) is 6.10 Å². The third kappa shape index (κ3) is 2.82. The fraction of sp³-hybridized carbons (Fsp3) is 0.500. The summed E-state index contributed by atoms with van der Waals surface area (Å²) in [7, 11) is 0. The molecule has 1 unspecified atom stereocenters. The van der Waals surface area contributed by atoms with E-state index in [1.807, 2.05) is 6.92 Å². The molecular weight excluding hydrogens is 174 g/mol. The Morgan fingerprint density at radius 1 is 1.21 bits per heavy atom. The van der Waals surface area contributed by atoms with Crippen molar-refractivity contribution in [1.29, 1.82) is 0 Å². The highest BCUT2D eigenvalue weighted by molar-refractivity contribution is 5.30. The molecule has 0 aliphatic rings. The largest absolute Gasteiger partial charge is 0.372 e. The Kier molecular flexibility index (Phi) is 4.11. The summed E-state index contributed by atoms with van der Waals surface area (Å²) in [6.07, 6.45) is 0.0404. The van der Waals surface area contributed by atoms with Crippen LogP contribution in [-0.4, -0.2) is 13.2 Å². The van der Waals surface area contributed by atoms with E-state index in [0.29, 0.717) is 13.2 Å². The highest BCUT2D eigenvalue weighted by atomic mass is 16.5. The summed E-state index contributed by atoms with van der Waals surface area (Å²) in [5.74, 6) is 0. The van der Waals surface area contributed by atoms with Gasteiger partial charge in [-0.2, -0.15) is 0 Å². The van der Waals surface area contributed by atoms with Crippen LogP contribution in [0.25, 0.3) is 0 Å². The van der Waals surface area contributed by atoms with E-state index < -0.39 is 0 Å². The molecule has 1 rings (SSSR count). The minimum absolute atomic E-state index is 0.0404. The van der Waals surface area contributed by atoms with Gasteiger partial charge in [-0.3, -0.25) is 0 Å². The van der Waals surface area contributed by atoms with Crippen molar-refractivity contribution in [2.24, 2.45) is 5.73 Å². The van der Waals surface area contributed by atoms with Crippen molar-refractivity contribution in [3.63, 3.8) is 0 Å². The number of ether oxygens (including phenoxy) is 1. The SMILES string of the molecule is CCOC(CN)c1cc(C)cc(C)c1. The number of rotatable bonds is 4. The zero-order chi connectivity index (χ0) is 10.6. The van der Waals surface area contributed by atoms with Crippen LogP contribution in [0.15, 0.2) is 18.2 Å². The van der Waals surface area contributed by atoms with Gasteiger partial charge >= 0.3 is 0 Å². The van der Waals surface area contributed by atoms with E-state index in [1.54, 1.807) is 0 Å². The van der Waals surface area contributed by atoms with Crippen LogP contribution in [0.1, 0.15) is 29.7 Å². The van der Waals surface area contributed by atoms with E-state index in [2.05, 4.69) is 32.0 Å². The van der Waals surface area contributed by atoms with Crippen molar-refractivity contribution in [1.82, 2.24) is 0 Å². The highest BCUT2D eigenvalue weighted by Gasteiger charge is 2.09. The molecule has 14 heavy (non-hydrogen) atoms. The lowest BCUT2D eigenvalue weighted by Crippen LogP contribution is -2.16. The maximum Gasteiger partial charge on any atom is 0.0947 e. The van der Waals surface area contributed by atoms with Crippen LogP contribution in [0.5, 0.6) is 0 Å². The molecule has 1 aromatic rings. The molecule has 0 amide bonds. The second-order valence-electron chi connectivity index (χ2n) is 3.60. The Labute approximate surface area is 86.1 Å². The van der Waals surface area contributed by atoms with Gasteiger partial charge in [0.15, 0.2) is 0 Å². The van der Waals surface area contributed by atoms with Crippen molar-refractivity contribution in [2.45, 2.75) is 26.9 Å². The van der Waals surface area contributed by atoms with E-state index in [9.17, 15) is 0 Å². The van der Waals surface area contributed by atoms with Gasteiger partial charge in [-0.25, -0.2) is 0 Å². The summed E-state index contributed by atoms with van der Waals surface area (Å²) in [4.78, 5) is 0. The van der Waals surface area contributed by atoms with Gasteiger partial charge in [0.1, 0.15) is 0 Å². The first-order valence-corrected chi connectivity index (χ1v) is 5.07. The molecule has 0 saturated carbocycles. The first-order chi connectivity index (χ1) is 6.67. The Hall–Kier alpha value is -0.860. The van der Waals surface area contributed by atoms with E-state index in [1.165, 1.54) is 16.7 Å². The highest BCUT2D eigenvalue weighted by Crippen LogP contribution is 2.19. The van der Waals surface area contributed by atoms with Crippen molar-refractivity contribution < 1.29 is 4.74 Å². The lowest BCUT2D eigenvalue weighted by Gasteiger charge is -2.16. The summed E-state index contributed by atoms with van der Waals surface area (Å²) in [5, 5.41) is 0. The number of benzene rings is 1. The Balaban J connectivity index is 2.91. The monoisotopic (exact) mass is 193 g/mol. The van der Waals surface area contributed by atoms with Gasteiger partial charge in [0.25, 0.3) is 0 Å². The normalized spacial score (nSPS) is 12.9. The average Bonchev–Trinajstić information content (AvgIpc) is 2.12. The predicted octanol–water partition coefficient (Wildman–Crippen LogP) is 2.34. The van der Waals surface area contributed by atoms with Gasteiger partial charge in [0.05, 0.1) is 6.10 Å². The molecule has 0 radical (unpaired) electrons. The number of aryl methyl sites for hydroxylation is 2. The molecule has 0 aromatic heterocycles. The molecule has 0 bridgehead atoms. The molecule has 0 aliphatic heterocycles. The van der Waals surface area contributed by atoms with Gasteiger partial charge in [-0.05, 0) is 26.3 Å². The first-order valence-electron chi connectivity index (χ1n) is 5.07. The van der Waals surface area contributed by atoms with Crippen LogP contribution >= 0.6 is 0 Å². The summed E-state index contributed by atoms with van der Waals surface area (Å²) in [6.45, 7) is 7.42. The van der Waals surface area contributed by atoms with Crippen molar-refractivity contribution in [2.75, 3.05) is 13.2 Å². The molecule has 0 heterocycles. The molecule has 0 spiro atoms. The number of hydrogen-bond acceptors (Lipinski definition) is 2. The van der Waals surface area contributed by atoms with Crippen molar-refractivity contribution in [3.8, 4) is 0 Å². The van der Waals surface area contributed by atoms with Crippen LogP contribution in [0.4, 0.5) is 0 Å². The van der Waals surface area contributed by atoms with Crippen LogP contribution in [0.2, 0.25) is 0 Å². The second kappa shape index (κ2) is 5.13. The fourth-order valence-electron chi connectivity index (χ4n) is 1.70. The van der Waals surface area contributed by atoms with Gasteiger partial charge < -0.3 is 10.5 Å². The zero-order valence-corrected chi connectivity index (χ0v) is 9.21. The molecule has 2 N–H and O–H groups in total. The number of nitrogens with two attached hydrogens (primary N) is 1. The van der Waals surface area contributed by atoms with E-state index in [4.69, 9.17) is 10.5 Å². The quantitative estimate of drug-likeness (QED) is 0.796. The van der Waals surface area contributed by atoms with Gasteiger partial charge in [0.2, 0.25) is 0 Å². The molecule has 1 aromatic carbocycles. The maximum absolute atomic E-state index is 5.67. The summed E-state index contributed by atoms with van der Waals surface area (Å²) in [6, 6.07) is 6.43. The molecule has 0 aliphatic carbocycles. The van der Waals surface area contributed by atoms with Crippen LogP contribution in [-0.2, 0) is 4.74 Å². The van der Waals surface area contributed by atoms with Crippen LogP contribution in [0.3, 0.4) is 0 Å². The molecule has 1 atom stereocenters. The Bertz CT molecular complexity index is 276. The topological polar surface area (TPSA) is 35.2 Å². The lowest BCUT2D eigenvalue weighted by molar-refractivity contribution is 0.0688. The Morgan fingerprint density at radius 2 is 1.79 bits per heavy atom. The predicted molar refractivity (Wildman–Crippen MR) is 59.3 cm³/mol. The van der Waals surface area contributed by atoms with Crippen LogP contribution < -0.4 is 5.73 Å². The molecule has 78 valence electrons. The number of hydrogen-bond donors (Lipinski definition) is 1. The van der Waals surface area contributed by atoms with Crippen molar-refractivity contribution in [3.05, 3.63) is 34.9 Å². The molecule has 2 nitrogen and oxygen atoms in total. The molecule has 0 fully saturated rings. The third-order valence-corrected chi connectivity index (χ3v) is 2.20. The first kappa shape index (κ1) is 11.2. The van der Waals surface area contributed by atoms with Crippen molar-refractivity contribution >= 4 is 0 Å². The van der Waals surface area contributed by atoms with Gasteiger partial charge in [-0.1, -0.05) is 29.3 Å². The summed E-state index contributed by atoms with van der Waals surface area (Å²) >= 11 is 0. The van der Waals surface area contributed by atoms with Crippen LogP contribution in [0, 0.1) is 13.8 Å². The average molecular weight is 193 g/mol. The lowest BCUT2D eigenvalue weighted by atomic mass is 10.0. The fourth-order valence-corrected chi connectivity index (χ4v) is 1.70. The minimum atomic E-state index is 0.0404. The standard InChI is InChI=1S/C12H19NO/c1-4-14-12(8-13)11-6-9(2)5-10(3)7-11/h5-7,12H,4,8,13H2,1-3H3. The third-order valence-electron chi connectivity index (χ3n) is 2.20. The molecule has 2 heteroatoms. The maximum atomic E-state index is 5.67. The Morgan fingerprint density at radius 3 is 2.21 bits per heavy atom. The van der Waals surface area contributed by atoms with Gasteiger partial charge in [-0.15, -0.1) is 0 Å². The van der Waals surface area contributed by atoms with E-state index in [0.717, 1.165) is 0 Å². The van der Waals surface area contributed by atoms with E-state index >= 15 is 0 Å².